The summed E-state index contributed by atoms with van der Waals surface area (Å²) in [6, 6.07) is 75.3. The minimum absolute atomic E-state index is 0.631. The van der Waals surface area contributed by atoms with E-state index in [9.17, 15) is 0 Å². The lowest BCUT2D eigenvalue weighted by molar-refractivity contribution is 1.07. The molecule has 0 bridgehead atoms. The van der Waals surface area contributed by atoms with Gasteiger partial charge < -0.3 is 0 Å². The summed E-state index contributed by atoms with van der Waals surface area (Å²) in [6.45, 7) is 0. The molecule has 59 heavy (non-hydrogen) atoms. The summed E-state index contributed by atoms with van der Waals surface area (Å²) < 4.78 is 2.64. The van der Waals surface area contributed by atoms with Crippen LogP contribution in [0.5, 0.6) is 0 Å². The molecule has 11 rings (SSSR count). The zero-order valence-corrected chi connectivity index (χ0v) is 32.8. The van der Waals surface area contributed by atoms with Gasteiger partial charge in [-0.1, -0.05) is 182 Å². The van der Waals surface area contributed by atoms with E-state index in [1.54, 1.807) is 0 Å². The minimum atomic E-state index is 0.631. The second-order valence-corrected chi connectivity index (χ2v) is 15.9. The molecule has 9 aromatic carbocycles. The maximum atomic E-state index is 5.11. The van der Waals surface area contributed by atoms with Crippen LogP contribution in [0, 0.1) is 0 Å². The Morgan fingerprint density at radius 1 is 0.271 bits per heavy atom. The molecule has 0 fully saturated rings. The van der Waals surface area contributed by atoms with E-state index in [1.165, 1.54) is 53.2 Å². The van der Waals surface area contributed by atoms with Gasteiger partial charge in [0, 0.05) is 36.9 Å². The van der Waals surface area contributed by atoms with Crippen LogP contribution in [0.3, 0.4) is 0 Å². The third-order valence-electron chi connectivity index (χ3n) is 11.1. The lowest BCUT2D eigenvalue weighted by atomic mass is 9.95. The van der Waals surface area contributed by atoms with E-state index in [0.29, 0.717) is 17.5 Å². The Labute approximate surface area is 346 Å². The summed E-state index contributed by atoms with van der Waals surface area (Å²) in [5.41, 5.74) is 12.2. The van der Waals surface area contributed by atoms with Crippen LogP contribution in [0.15, 0.2) is 212 Å². The van der Waals surface area contributed by atoms with Gasteiger partial charge >= 0.3 is 0 Å². The molecule has 3 nitrogen and oxygen atoms in total. The van der Waals surface area contributed by atoms with Gasteiger partial charge in [-0.2, -0.15) is 0 Å². The number of fused-ring (bicyclic) bond motifs is 4. The maximum Gasteiger partial charge on any atom is 0.164 e. The molecule has 2 heterocycles. The molecule has 0 aliphatic heterocycles. The summed E-state index contributed by atoms with van der Waals surface area (Å²) in [5, 5.41) is 5.06. The molecule has 276 valence electrons. The van der Waals surface area contributed by atoms with Crippen LogP contribution >= 0.6 is 11.3 Å². The Morgan fingerprint density at radius 2 is 0.695 bits per heavy atom. The minimum Gasteiger partial charge on any atom is -0.208 e. The van der Waals surface area contributed by atoms with Crippen LogP contribution in [-0.2, 0) is 0 Å². The van der Waals surface area contributed by atoms with Crippen LogP contribution in [0.4, 0.5) is 0 Å². The Bertz CT molecular complexity index is 3200. The Kier molecular flexibility index (Phi) is 8.68. The summed E-state index contributed by atoms with van der Waals surface area (Å²) in [5.74, 6) is 1.90. The molecule has 11 aromatic rings. The Balaban J connectivity index is 0.960. The molecule has 2 aromatic heterocycles. The van der Waals surface area contributed by atoms with E-state index in [1.807, 2.05) is 23.5 Å². The van der Waals surface area contributed by atoms with Gasteiger partial charge in [-0.25, -0.2) is 15.0 Å². The zero-order valence-electron chi connectivity index (χ0n) is 32.0. The van der Waals surface area contributed by atoms with Gasteiger partial charge in [0.25, 0.3) is 0 Å². The van der Waals surface area contributed by atoms with Gasteiger partial charge in [-0.3, -0.25) is 0 Å². The van der Waals surface area contributed by atoms with E-state index < -0.39 is 0 Å². The first-order valence-corrected chi connectivity index (χ1v) is 20.6. The average molecular weight is 770 g/mol. The summed E-state index contributed by atoms with van der Waals surface area (Å²) in [7, 11) is 0. The molecule has 0 aliphatic rings. The number of hydrogen-bond acceptors (Lipinski definition) is 4. The third kappa shape index (κ3) is 6.66. The molecule has 0 atom stereocenters. The molecule has 0 N–H and O–H groups in total. The predicted octanol–water partition coefficient (Wildman–Crippen LogP) is 15.1. The maximum absolute atomic E-state index is 5.11. The van der Waals surface area contributed by atoms with Crippen molar-refractivity contribution in [3.05, 3.63) is 212 Å². The first kappa shape index (κ1) is 34.7. The molecule has 0 aliphatic carbocycles. The molecule has 0 saturated carbocycles. The van der Waals surface area contributed by atoms with Crippen LogP contribution in [0.2, 0.25) is 0 Å². The molecular weight excluding hydrogens is 735 g/mol. The average Bonchev–Trinajstić information content (AvgIpc) is 3.71. The predicted molar refractivity (Wildman–Crippen MR) is 248 cm³/mol. The fraction of sp³-hybridized carbons (Fsp3) is 0. The number of thiophene rings is 1. The van der Waals surface area contributed by atoms with Gasteiger partial charge in [-0.15, -0.1) is 11.3 Å². The van der Waals surface area contributed by atoms with Gasteiger partial charge in [0.1, 0.15) is 0 Å². The van der Waals surface area contributed by atoms with Crippen LogP contribution < -0.4 is 0 Å². The van der Waals surface area contributed by atoms with Gasteiger partial charge in [0.15, 0.2) is 17.5 Å². The summed E-state index contributed by atoms with van der Waals surface area (Å²) in [6.07, 6.45) is 0. The Morgan fingerprint density at radius 3 is 1.34 bits per heavy atom. The standard InChI is InChI=1S/C55H35N3S/c1-3-11-36(12-4-1)38-21-25-40(26-22-38)53-56-54(41-27-23-39(24-28-41)37-13-5-2-6-14-37)58-55(57-53)47-16-9-15-42(35-47)43-29-30-45-34-46(32-31-44(45)33-43)48-18-10-20-51-52(48)49-17-7-8-19-50(49)59-51/h1-35H. The van der Waals surface area contributed by atoms with E-state index >= 15 is 0 Å². The number of nitrogens with zero attached hydrogens (tertiary/aromatic N) is 3. The van der Waals surface area contributed by atoms with Crippen molar-refractivity contribution in [2.75, 3.05) is 0 Å². The highest BCUT2D eigenvalue weighted by atomic mass is 32.1. The SMILES string of the molecule is c1ccc(-c2ccc(-c3nc(-c4ccc(-c5ccccc5)cc4)nc(-c4cccc(-c5ccc6cc(-c7cccc8sc9ccccc9c78)ccc6c5)c4)n3)cc2)cc1. The number of benzene rings is 9. The van der Waals surface area contributed by atoms with Crippen LogP contribution in [-0.4, -0.2) is 15.0 Å². The molecule has 0 unspecified atom stereocenters. The van der Waals surface area contributed by atoms with Crippen molar-refractivity contribution in [2.24, 2.45) is 0 Å². The van der Waals surface area contributed by atoms with Crippen molar-refractivity contribution >= 4 is 42.3 Å². The van der Waals surface area contributed by atoms with Crippen molar-refractivity contribution in [1.82, 2.24) is 15.0 Å². The lowest BCUT2D eigenvalue weighted by Crippen LogP contribution is -2.00. The summed E-state index contributed by atoms with van der Waals surface area (Å²) in [4.78, 5) is 15.3. The molecule has 0 spiro atoms. The van der Waals surface area contributed by atoms with E-state index in [2.05, 4.69) is 200 Å². The first-order valence-electron chi connectivity index (χ1n) is 19.8. The van der Waals surface area contributed by atoms with Crippen molar-refractivity contribution in [2.45, 2.75) is 0 Å². The molecule has 4 heteroatoms. The van der Waals surface area contributed by atoms with Crippen LogP contribution in [0.1, 0.15) is 0 Å². The van der Waals surface area contributed by atoms with Gasteiger partial charge in [0.2, 0.25) is 0 Å². The zero-order chi connectivity index (χ0) is 39.1. The van der Waals surface area contributed by atoms with Crippen molar-refractivity contribution in [3.8, 4) is 78.7 Å². The monoisotopic (exact) mass is 769 g/mol. The third-order valence-corrected chi connectivity index (χ3v) is 12.3. The highest BCUT2D eigenvalue weighted by Crippen LogP contribution is 2.41. The highest BCUT2D eigenvalue weighted by Gasteiger charge is 2.15. The molecular formula is C55H35N3S. The van der Waals surface area contributed by atoms with Crippen molar-refractivity contribution in [3.63, 3.8) is 0 Å². The van der Waals surface area contributed by atoms with Crippen molar-refractivity contribution in [1.29, 1.82) is 0 Å². The largest absolute Gasteiger partial charge is 0.208 e. The number of hydrogen-bond donors (Lipinski definition) is 0. The quantitative estimate of drug-likeness (QED) is 0.162. The second kappa shape index (κ2) is 14.8. The fourth-order valence-electron chi connectivity index (χ4n) is 8.09. The molecule has 0 saturated heterocycles. The normalized spacial score (nSPS) is 11.4. The van der Waals surface area contributed by atoms with E-state index in [4.69, 9.17) is 15.0 Å². The number of aromatic nitrogens is 3. The van der Waals surface area contributed by atoms with Gasteiger partial charge in [0.05, 0.1) is 0 Å². The van der Waals surface area contributed by atoms with Gasteiger partial charge in [-0.05, 0) is 85.6 Å². The number of rotatable bonds is 7. The molecule has 0 radical (unpaired) electrons. The fourth-order valence-corrected chi connectivity index (χ4v) is 9.23. The first-order chi connectivity index (χ1) is 29.2. The van der Waals surface area contributed by atoms with Crippen molar-refractivity contribution < 1.29 is 0 Å². The highest BCUT2D eigenvalue weighted by molar-refractivity contribution is 7.25. The topological polar surface area (TPSA) is 38.7 Å². The smallest absolute Gasteiger partial charge is 0.164 e. The summed E-state index contributed by atoms with van der Waals surface area (Å²) >= 11 is 1.86. The van der Waals surface area contributed by atoms with Crippen LogP contribution in [0.25, 0.3) is 110 Å². The van der Waals surface area contributed by atoms with E-state index in [-0.39, 0.29) is 0 Å². The second-order valence-electron chi connectivity index (χ2n) is 14.8. The van der Waals surface area contributed by atoms with E-state index in [0.717, 1.165) is 38.9 Å². The Hall–Kier alpha value is -7.53. The molecule has 0 amide bonds. The lowest BCUT2D eigenvalue weighted by Gasteiger charge is -2.11.